The van der Waals surface area contributed by atoms with E-state index in [4.69, 9.17) is 9.84 Å². The van der Waals surface area contributed by atoms with E-state index in [1.54, 1.807) is 6.92 Å². The fraction of sp³-hybridized carbons (Fsp3) is 0.368. The van der Waals surface area contributed by atoms with E-state index in [9.17, 15) is 14.7 Å². The largest absolute Gasteiger partial charge is 0.480 e. The van der Waals surface area contributed by atoms with Crippen molar-refractivity contribution < 1.29 is 24.5 Å². The van der Waals surface area contributed by atoms with Gasteiger partial charge >= 0.3 is 11.9 Å². The molecule has 1 aromatic heterocycles. The van der Waals surface area contributed by atoms with Crippen molar-refractivity contribution in [3.05, 3.63) is 34.7 Å². The van der Waals surface area contributed by atoms with Crippen LogP contribution in [-0.2, 0) is 4.79 Å². The second-order valence-electron chi connectivity index (χ2n) is 6.45. The summed E-state index contributed by atoms with van der Waals surface area (Å²) in [6.45, 7) is 3.16. The Morgan fingerprint density at radius 2 is 2.04 bits per heavy atom. The van der Waals surface area contributed by atoms with Crippen molar-refractivity contribution in [1.82, 2.24) is 5.32 Å². The van der Waals surface area contributed by atoms with Crippen LogP contribution in [0.3, 0.4) is 0 Å². The highest BCUT2D eigenvalue weighted by Crippen LogP contribution is 2.42. The summed E-state index contributed by atoms with van der Waals surface area (Å²) in [7, 11) is 0. The van der Waals surface area contributed by atoms with E-state index >= 15 is 0 Å². The molecule has 2 aromatic rings. The summed E-state index contributed by atoms with van der Waals surface area (Å²) < 4.78 is 5.25. The molecular formula is C19H22N2O5S. The van der Waals surface area contributed by atoms with Crippen molar-refractivity contribution in [3.8, 4) is 16.2 Å². The van der Waals surface area contributed by atoms with Crippen LogP contribution in [0.15, 0.2) is 24.3 Å². The van der Waals surface area contributed by atoms with E-state index in [1.165, 1.54) is 0 Å². The number of thiophene rings is 1. The highest BCUT2D eigenvalue weighted by atomic mass is 32.1. The van der Waals surface area contributed by atoms with Gasteiger partial charge in [0.25, 0.3) is 0 Å². The number of rotatable bonds is 7. The van der Waals surface area contributed by atoms with Crippen LogP contribution < -0.4 is 15.4 Å². The first-order valence-corrected chi connectivity index (χ1v) is 9.56. The Bertz CT molecular complexity index is 843. The molecular weight excluding hydrogens is 368 g/mol. The van der Waals surface area contributed by atoms with E-state index in [0.717, 1.165) is 53.4 Å². The van der Waals surface area contributed by atoms with Gasteiger partial charge in [-0.3, -0.25) is 0 Å². The first-order chi connectivity index (χ1) is 13.0. The van der Waals surface area contributed by atoms with Crippen LogP contribution in [0.4, 0.5) is 5.69 Å². The smallest absolute Gasteiger partial charge is 0.349 e. The minimum absolute atomic E-state index is 0.0143. The third-order valence-electron chi connectivity index (χ3n) is 4.46. The molecule has 7 nitrogen and oxygen atoms in total. The fourth-order valence-electron chi connectivity index (χ4n) is 3.17. The summed E-state index contributed by atoms with van der Waals surface area (Å²) in [6, 6.07) is 8.24. The van der Waals surface area contributed by atoms with Crippen LogP contribution in [0.25, 0.3) is 10.4 Å². The lowest BCUT2D eigenvalue weighted by molar-refractivity contribution is -0.139. The van der Waals surface area contributed by atoms with Crippen LogP contribution in [0, 0.1) is 6.92 Å². The number of piperidine rings is 1. The zero-order chi connectivity index (χ0) is 19.4. The van der Waals surface area contributed by atoms with Gasteiger partial charge in [-0.2, -0.15) is 0 Å². The van der Waals surface area contributed by atoms with Crippen molar-refractivity contribution in [2.24, 2.45) is 0 Å². The Balaban J connectivity index is 1.89. The molecule has 4 N–H and O–H groups in total. The van der Waals surface area contributed by atoms with E-state index in [1.807, 2.05) is 24.3 Å². The topological polar surface area (TPSA) is 108 Å². The van der Waals surface area contributed by atoms with Gasteiger partial charge in [0.15, 0.2) is 11.5 Å². The van der Waals surface area contributed by atoms with Gasteiger partial charge in [-0.15, -0.1) is 11.3 Å². The third kappa shape index (κ3) is 4.58. The molecule has 0 aliphatic carbocycles. The molecule has 27 heavy (non-hydrogen) atoms. The summed E-state index contributed by atoms with van der Waals surface area (Å²) in [6.07, 6.45) is 2.11. The maximum absolute atomic E-state index is 11.6. The van der Waals surface area contributed by atoms with E-state index in [-0.39, 0.29) is 10.6 Å². The van der Waals surface area contributed by atoms with E-state index in [0.29, 0.717) is 11.6 Å². The van der Waals surface area contributed by atoms with Crippen molar-refractivity contribution in [1.29, 1.82) is 0 Å². The van der Waals surface area contributed by atoms with Crippen LogP contribution in [0.2, 0.25) is 0 Å². The van der Waals surface area contributed by atoms with Gasteiger partial charge in [0.1, 0.15) is 5.75 Å². The normalized spacial score (nSPS) is 14.7. The monoisotopic (exact) mass is 390 g/mol. The van der Waals surface area contributed by atoms with Gasteiger partial charge in [-0.1, -0.05) is 12.1 Å². The number of hydrogen-bond acceptors (Lipinski definition) is 6. The molecule has 0 saturated carbocycles. The summed E-state index contributed by atoms with van der Waals surface area (Å²) in [5.74, 6) is -2.15. The number of aromatic carboxylic acids is 1. The average Bonchev–Trinajstić information content (AvgIpc) is 2.98. The van der Waals surface area contributed by atoms with Gasteiger partial charge in [0, 0.05) is 22.2 Å². The molecule has 0 amide bonds. The number of anilines is 1. The molecule has 0 bridgehead atoms. The SMILES string of the molecule is Cc1c(-c2cccc(NC3CCNCC3)c2)sc(C(=O)O)c1OCC(=O)O. The molecule has 0 spiro atoms. The van der Waals surface area contributed by atoms with Gasteiger partial charge in [0.2, 0.25) is 0 Å². The molecule has 1 saturated heterocycles. The van der Waals surface area contributed by atoms with E-state index in [2.05, 4.69) is 10.6 Å². The van der Waals surface area contributed by atoms with Crippen molar-refractivity contribution in [3.63, 3.8) is 0 Å². The zero-order valence-electron chi connectivity index (χ0n) is 14.9. The minimum atomic E-state index is -1.15. The second-order valence-corrected chi connectivity index (χ2v) is 7.47. The Kier molecular flexibility index (Phi) is 5.98. The lowest BCUT2D eigenvalue weighted by Crippen LogP contribution is -2.35. The van der Waals surface area contributed by atoms with Crippen molar-refractivity contribution in [2.75, 3.05) is 25.0 Å². The Hall–Kier alpha value is -2.58. The molecule has 2 heterocycles. The minimum Gasteiger partial charge on any atom is -0.480 e. The van der Waals surface area contributed by atoms with Crippen LogP contribution in [0.1, 0.15) is 28.1 Å². The zero-order valence-corrected chi connectivity index (χ0v) is 15.8. The molecule has 3 rings (SSSR count). The van der Waals surface area contributed by atoms with Crippen LogP contribution >= 0.6 is 11.3 Å². The number of aliphatic carboxylic acids is 1. The first-order valence-electron chi connectivity index (χ1n) is 8.74. The number of carboxylic acid groups (broad SMARTS) is 2. The molecule has 1 fully saturated rings. The lowest BCUT2D eigenvalue weighted by Gasteiger charge is -2.24. The number of benzene rings is 1. The molecule has 1 aliphatic rings. The Morgan fingerprint density at radius 1 is 1.30 bits per heavy atom. The van der Waals surface area contributed by atoms with Crippen LogP contribution in [0.5, 0.6) is 5.75 Å². The second kappa shape index (κ2) is 8.41. The summed E-state index contributed by atoms with van der Waals surface area (Å²) in [5, 5.41) is 25.1. The van der Waals surface area contributed by atoms with Gasteiger partial charge in [-0.25, -0.2) is 9.59 Å². The highest BCUT2D eigenvalue weighted by molar-refractivity contribution is 7.18. The quantitative estimate of drug-likeness (QED) is 0.575. The summed E-state index contributed by atoms with van der Waals surface area (Å²) in [4.78, 5) is 23.1. The highest BCUT2D eigenvalue weighted by Gasteiger charge is 2.23. The van der Waals surface area contributed by atoms with Gasteiger partial charge < -0.3 is 25.6 Å². The number of carbonyl (C=O) groups is 2. The van der Waals surface area contributed by atoms with Crippen molar-refractivity contribution >= 4 is 29.0 Å². The fourth-order valence-corrected chi connectivity index (χ4v) is 4.26. The molecule has 1 aromatic carbocycles. The molecule has 0 atom stereocenters. The Labute approximate surface area is 161 Å². The summed E-state index contributed by atoms with van der Waals surface area (Å²) in [5.41, 5.74) is 2.50. The number of carboxylic acids is 2. The maximum Gasteiger partial charge on any atom is 0.349 e. The predicted octanol–water partition coefficient (Wildman–Crippen LogP) is 3.05. The van der Waals surface area contributed by atoms with Crippen LogP contribution in [-0.4, -0.2) is 47.9 Å². The first kappa shape index (κ1) is 19.2. The molecule has 1 aliphatic heterocycles. The van der Waals surface area contributed by atoms with Gasteiger partial charge in [-0.05, 0) is 50.6 Å². The number of ether oxygens (including phenoxy) is 1. The maximum atomic E-state index is 11.6. The molecule has 144 valence electrons. The lowest BCUT2D eigenvalue weighted by atomic mass is 10.1. The summed E-state index contributed by atoms with van der Waals surface area (Å²) >= 11 is 1.10. The van der Waals surface area contributed by atoms with E-state index < -0.39 is 18.5 Å². The average molecular weight is 390 g/mol. The Morgan fingerprint density at radius 3 is 2.70 bits per heavy atom. The predicted molar refractivity (Wildman–Crippen MR) is 104 cm³/mol. The number of nitrogens with one attached hydrogen (secondary N) is 2. The number of hydrogen-bond donors (Lipinski definition) is 4. The molecule has 0 radical (unpaired) electrons. The van der Waals surface area contributed by atoms with Gasteiger partial charge in [0.05, 0.1) is 0 Å². The third-order valence-corrected chi connectivity index (χ3v) is 5.77. The molecule has 8 heteroatoms. The van der Waals surface area contributed by atoms with Crippen molar-refractivity contribution in [2.45, 2.75) is 25.8 Å². The standard InChI is InChI=1S/C19H22N2O5S/c1-11-16(26-10-15(22)23)18(19(24)25)27-17(11)12-3-2-4-14(9-12)21-13-5-7-20-8-6-13/h2-4,9,13,20-21H,5-8,10H2,1H3,(H,22,23)(H,24,25). The molecule has 0 unspecified atom stereocenters.